The highest BCUT2D eigenvalue weighted by Crippen LogP contribution is 2.26. The normalized spacial score (nSPS) is 10.5. The molecular weight excluding hydrogens is 371 g/mol. The van der Waals surface area contributed by atoms with Gasteiger partial charge in [0.25, 0.3) is 5.91 Å². The number of aromatic nitrogens is 2. The molecule has 0 saturated heterocycles. The van der Waals surface area contributed by atoms with Crippen LogP contribution in [0.3, 0.4) is 0 Å². The molecule has 0 atom stereocenters. The molecule has 1 heterocycles. The van der Waals surface area contributed by atoms with Crippen LogP contribution in [0.15, 0.2) is 48.7 Å². The predicted octanol–water partition coefficient (Wildman–Crippen LogP) is 5.40. The SMILES string of the molecule is Cc1ccc(C)c(NC(=O)c2ccnc(Nc3ccc(Cl)c(Cl)c3)n2)c1. The van der Waals surface area contributed by atoms with Crippen molar-refractivity contribution in [2.24, 2.45) is 0 Å². The summed E-state index contributed by atoms with van der Waals surface area (Å²) in [5.74, 6) is -0.0182. The van der Waals surface area contributed by atoms with Gasteiger partial charge in [-0.1, -0.05) is 35.3 Å². The summed E-state index contributed by atoms with van der Waals surface area (Å²) < 4.78 is 0. The number of hydrogen-bond donors (Lipinski definition) is 2. The summed E-state index contributed by atoms with van der Waals surface area (Å²) in [5.41, 5.74) is 3.73. The highest BCUT2D eigenvalue weighted by Gasteiger charge is 2.11. The molecule has 0 fully saturated rings. The second-order valence-electron chi connectivity index (χ2n) is 5.79. The molecule has 132 valence electrons. The summed E-state index contributed by atoms with van der Waals surface area (Å²) >= 11 is 11.9. The van der Waals surface area contributed by atoms with Crippen LogP contribution in [-0.4, -0.2) is 15.9 Å². The lowest BCUT2D eigenvalue weighted by Gasteiger charge is -2.10. The molecule has 26 heavy (non-hydrogen) atoms. The highest BCUT2D eigenvalue weighted by molar-refractivity contribution is 6.42. The van der Waals surface area contributed by atoms with Gasteiger partial charge in [0.2, 0.25) is 5.95 Å². The van der Waals surface area contributed by atoms with E-state index in [1.807, 2.05) is 32.0 Å². The number of anilines is 3. The molecule has 0 radical (unpaired) electrons. The molecule has 0 saturated carbocycles. The Morgan fingerprint density at radius 2 is 1.81 bits per heavy atom. The summed E-state index contributed by atoms with van der Waals surface area (Å²) in [6.07, 6.45) is 1.52. The lowest BCUT2D eigenvalue weighted by molar-refractivity contribution is 0.102. The van der Waals surface area contributed by atoms with Gasteiger partial charge in [-0.05, 0) is 55.3 Å². The average molecular weight is 387 g/mol. The maximum absolute atomic E-state index is 12.5. The number of aryl methyl sites for hydroxylation is 2. The van der Waals surface area contributed by atoms with Gasteiger partial charge in [0, 0.05) is 17.6 Å². The van der Waals surface area contributed by atoms with Gasteiger partial charge in [0.1, 0.15) is 5.69 Å². The summed E-state index contributed by atoms with van der Waals surface area (Å²) in [6.45, 7) is 3.91. The van der Waals surface area contributed by atoms with Crippen LogP contribution in [0.25, 0.3) is 0 Å². The molecule has 0 spiro atoms. The van der Waals surface area contributed by atoms with Crippen LogP contribution >= 0.6 is 23.2 Å². The Balaban J connectivity index is 1.78. The van der Waals surface area contributed by atoms with Crippen molar-refractivity contribution < 1.29 is 4.79 Å². The minimum atomic E-state index is -0.307. The van der Waals surface area contributed by atoms with E-state index in [0.29, 0.717) is 15.7 Å². The fourth-order valence-electron chi connectivity index (χ4n) is 2.31. The monoisotopic (exact) mass is 386 g/mol. The van der Waals surface area contributed by atoms with E-state index in [4.69, 9.17) is 23.2 Å². The van der Waals surface area contributed by atoms with E-state index in [9.17, 15) is 4.79 Å². The van der Waals surface area contributed by atoms with Crippen molar-refractivity contribution in [1.29, 1.82) is 0 Å². The number of amides is 1. The molecule has 1 aromatic heterocycles. The van der Waals surface area contributed by atoms with Crippen LogP contribution in [0.4, 0.5) is 17.3 Å². The maximum Gasteiger partial charge on any atom is 0.274 e. The number of halogens is 2. The summed E-state index contributed by atoms with van der Waals surface area (Å²) in [6, 6.07) is 12.5. The van der Waals surface area contributed by atoms with E-state index in [-0.39, 0.29) is 17.5 Å². The lowest BCUT2D eigenvalue weighted by Crippen LogP contribution is -2.15. The zero-order valence-corrected chi connectivity index (χ0v) is 15.7. The summed E-state index contributed by atoms with van der Waals surface area (Å²) in [5, 5.41) is 6.76. The summed E-state index contributed by atoms with van der Waals surface area (Å²) in [4.78, 5) is 20.9. The van der Waals surface area contributed by atoms with Crippen LogP contribution in [0, 0.1) is 13.8 Å². The Morgan fingerprint density at radius 1 is 1.00 bits per heavy atom. The second-order valence-corrected chi connectivity index (χ2v) is 6.61. The topological polar surface area (TPSA) is 66.9 Å². The van der Waals surface area contributed by atoms with Gasteiger partial charge in [-0.2, -0.15) is 0 Å². The van der Waals surface area contributed by atoms with Crippen LogP contribution in [0.2, 0.25) is 10.0 Å². The number of rotatable bonds is 4. The average Bonchev–Trinajstić information content (AvgIpc) is 2.61. The van der Waals surface area contributed by atoms with E-state index in [1.165, 1.54) is 6.20 Å². The first-order valence-electron chi connectivity index (χ1n) is 7.86. The number of nitrogens with zero attached hydrogens (tertiary/aromatic N) is 2. The zero-order chi connectivity index (χ0) is 18.7. The molecule has 0 aliphatic heterocycles. The van der Waals surface area contributed by atoms with Gasteiger partial charge in [0.15, 0.2) is 0 Å². The minimum Gasteiger partial charge on any atom is -0.324 e. The van der Waals surface area contributed by atoms with Gasteiger partial charge >= 0.3 is 0 Å². The van der Waals surface area contributed by atoms with Gasteiger partial charge in [0.05, 0.1) is 10.0 Å². The van der Waals surface area contributed by atoms with Gasteiger partial charge in [-0.3, -0.25) is 4.79 Å². The molecule has 2 aromatic carbocycles. The van der Waals surface area contributed by atoms with Gasteiger partial charge < -0.3 is 10.6 Å². The van der Waals surface area contributed by atoms with Crippen molar-refractivity contribution >= 4 is 46.4 Å². The third kappa shape index (κ3) is 4.31. The number of carbonyl (C=O) groups is 1. The van der Waals surface area contributed by atoms with Crippen LogP contribution in [0.5, 0.6) is 0 Å². The number of hydrogen-bond acceptors (Lipinski definition) is 4. The third-order valence-corrected chi connectivity index (χ3v) is 4.44. The molecule has 0 aliphatic carbocycles. The van der Waals surface area contributed by atoms with Crippen LogP contribution in [-0.2, 0) is 0 Å². The fraction of sp³-hybridized carbons (Fsp3) is 0.105. The van der Waals surface area contributed by atoms with E-state index in [2.05, 4.69) is 20.6 Å². The number of carbonyl (C=O) groups excluding carboxylic acids is 1. The Bertz CT molecular complexity index is 976. The van der Waals surface area contributed by atoms with Crippen molar-refractivity contribution in [2.75, 3.05) is 10.6 Å². The molecule has 7 heteroatoms. The Hall–Kier alpha value is -2.63. The first-order chi connectivity index (χ1) is 12.4. The molecule has 0 unspecified atom stereocenters. The highest BCUT2D eigenvalue weighted by atomic mass is 35.5. The van der Waals surface area contributed by atoms with E-state index in [0.717, 1.165) is 16.8 Å². The van der Waals surface area contributed by atoms with Crippen molar-refractivity contribution in [3.05, 3.63) is 75.5 Å². The van der Waals surface area contributed by atoms with Crippen molar-refractivity contribution in [2.45, 2.75) is 13.8 Å². The molecule has 3 aromatic rings. The first-order valence-corrected chi connectivity index (χ1v) is 8.62. The molecule has 0 bridgehead atoms. The number of nitrogens with one attached hydrogen (secondary N) is 2. The maximum atomic E-state index is 12.5. The smallest absolute Gasteiger partial charge is 0.274 e. The van der Waals surface area contributed by atoms with Gasteiger partial charge in [-0.15, -0.1) is 0 Å². The molecule has 2 N–H and O–H groups in total. The third-order valence-electron chi connectivity index (χ3n) is 3.71. The van der Waals surface area contributed by atoms with E-state index < -0.39 is 0 Å². The molecule has 0 aliphatic rings. The lowest BCUT2D eigenvalue weighted by atomic mass is 10.1. The Kier molecular flexibility index (Phi) is 5.40. The van der Waals surface area contributed by atoms with E-state index in [1.54, 1.807) is 24.3 Å². The Morgan fingerprint density at radius 3 is 2.58 bits per heavy atom. The van der Waals surface area contributed by atoms with Crippen LogP contribution in [0.1, 0.15) is 21.6 Å². The second kappa shape index (κ2) is 7.72. The standard InChI is InChI=1S/C19H16Cl2N4O/c1-11-3-4-12(2)17(9-11)24-18(26)16-7-8-22-19(25-16)23-13-5-6-14(20)15(21)10-13/h3-10H,1-2H3,(H,24,26)(H,22,23,25). The van der Waals surface area contributed by atoms with Crippen LogP contribution < -0.4 is 10.6 Å². The van der Waals surface area contributed by atoms with Crippen molar-refractivity contribution in [1.82, 2.24) is 9.97 Å². The predicted molar refractivity (Wildman–Crippen MR) is 106 cm³/mol. The first kappa shape index (κ1) is 18.2. The fourth-order valence-corrected chi connectivity index (χ4v) is 2.60. The summed E-state index contributed by atoms with van der Waals surface area (Å²) in [7, 11) is 0. The van der Waals surface area contributed by atoms with Crippen molar-refractivity contribution in [3.8, 4) is 0 Å². The zero-order valence-electron chi connectivity index (χ0n) is 14.2. The molecular formula is C19H16Cl2N4O. The van der Waals surface area contributed by atoms with E-state index >= 15 is 0 Å². The quantitative estimate of drug-likeness (QED) is 0.629. The minimum absolute atomic E-state index is 0.253. The molecule has 1 amide bonds. The van der Waals surface area contributed by atoms with Gasteiger partial charge in [-0.25, -0.2) is 9.97 Å². The molecule has 3 rings (SSSR count). The number of benzene rings is 2. The largest absolute Gasteiger partial charge is 0.324 e. The van der Waals surface area contributed by atoms with Crippen molar-refractivity contribution in [3.63, 3.8) is 0 Å². The molecule has 5 nitrogen and oxygen atoms in total. The Labute approximate surface area is 161 Å².